The van der Waals surface area contributed by atoms with Crippen molar-refractivity contribution in [1.82, 2.24) is 10.6 Å². The van der Waals surface area contributed by atoms with E-state index in [2.05, 4.69) is 10.6 Å². The van der Waals surface area contributed by atoms with E-state index in [0.717, 1.165) is 12.8 Å². The normalized spacial score (nSPS) is 32.7. The van der Waals surface area contributed by atoms with E-state index in [1.54, 1.807) is 0 Å². The summed E-state index contributed by atoms with van der Waals surface area (Å²) < 4.78 is 0. The summed E-state index contributed by atoms with van der Waals surface area (Å²) in [6.07, 6.45) is 5.82. The zero-order valence-electron chi connectivity index (χ0n) is 11.6. The Kier molecular flexibility index (Phi) is 5.37. The Hall–Kier alpha value is -0.220. The van der Waals surface area contributed by atoms with Crippen molar-refractivity contribution < 1.29 is 4.79 Å². The van der Waals surface area contributed by atoms with Crippen LogP contribution in [0.15, 0.2) is 0 Å². The first-order valence-electron chi connectivity index (χ1n) is 7.29. The second-order valence-corrected chi connectivity index (χ2v) is 7.10. The minimum atomic E-state index is 0.229. The van der Waals surface area contributed by atoms with E-state index in [1.165, 1.54) is 30.8 Å². The highest BCUT2D eigenvalue weighted by molar-refractivity contribution is 7.99. The molecule has 18 heavy (non-hydrogen) atoms. The zero-order valence-corrected chi connectivity index (χ0v) is 12.4. The van der Waals surface area contributed by atoms with Gasteiger partial charge in [0.2, 0.25) is 5.91 Å². The van der Waals surface area contributed by atoms with Crippen LogP contribution >= 0.6 is 11.8 Å². The number of nitrogens with one attached hydrogen (secondary N) is 2. The fourth-order valence-electron chi connectivity index (χ4n) is 2.98. The molecule has 2 aliphatic rings. The average Bonchev–Trinajstić information content (AvgIpc) is 2.81. The molecule has 3 nitrogen and oxygen atoms in total. The van der Waals surface area contributed by atoms with Crippen LogP contribution in [0.3, 0.4) is 0 Å². The molecule has 1 aliphatic heterocycles. The first-order chi connectivity index (χ1) is 8.65. The van der Waals surface area contributed by atoms with E-state index >= 15 is 0 Å². The van der Waals surface area contributed by atoms with Crippen molar-refractivity contribution in [1.29, 1.82) is 0 Å². The van der Waals surface area contributed by atoms with Gasteiger partial charge in [-0.1, -0.05) is 6.42 Å². The third-order valence-electron chi connectivity index (χ3n) is 3.88. The first-order valence-corrected chi connectivity index (χ1v) is 8.45. The second-order valence-electron chi connectivity index (χ2n) is 5.95. The summed E-state index contributed by atoms with van der Waals surface area (Å²) >= 11 is 2.04. The molecule has 0 radical (unpaired) electrons. The maximum atomic E-state index is 12.0. The molecular weight excluding hydrogens is 244 g/mol. The number of carbonyl (C=O) groups excluding carboxylic acids is 1. The second kappa shape index (κ2) is 6.80. The molecule has 0 spiro atoms. The van der Waals surface area contributed by atoms with Gasteiger partial charge in [0.05, 0.1) is 0 Å². The van der Waals surface area contributed by atoms with E-state index < -0.39 is 0 Å². The maximum absolute atomic E-state index is 12.0. The quantitative estimate of drug-likeness (QED) is 0.822. The number of hydrogen-bond donors (Lipinski definition) is 2. The molecule has 3 atom stereocenters. The molecule has 0 aromatic carbocycles. The molecule has 2 fully saturated rings. The van der Waals surface area contributed by atoms with Crippen molar-refractivity contribution in [2.75, 3.05) is 11.5 Å². The minimum absolute atomic E-state index is 0.229. The largest absolute Gasteiger partial charge is 0.354 e. The third-order valence-corrected chi connectivity index (χ3v) is 5.04. The molecule has 1 aliphatic carbocycles. The van der Waals surface area contributed by atoms with Crippen LogP contribution in [0.5, 0.6) is 0 Å². The van der Waals surface area contributed by atoms with Gasteiger partial charge in [-0.05, 0) is 45.3 Å². The van der Waals surface area contributed by atoms with E-state index in [0.29, 0.717) is 12.1 Å². The molecule has 1 saturated carbocycles. The van der Waals surface area contributed by atoms with Gasteiger partial charge in [0.25, 0.3) is 0 Å². The SMILES string of the molecule is CC(C)NC(=O)C1CCCC(NC2CCSC2)C1. The number of hydrogen-bond acceptors (Lipinski definition) is 3. The summed E-state index contributed by atoms with van der Waals surface area (Å²) in [6, 6.07) is 1.51. The van der Waals surface area contributed by atoms with E-state index in [-0.39, 0.29) is 17.9 Å². The van der Waals surface area contributed by atoms with Gasteiger partial charge >= 0.3 is 0 Å². The third kappa shape index (κ3) is 4.16. The van der Waals surface area contributed by atoms with Gasteiger partial charge in [0.1, 0.15) is 0 Å². The van der Waals surface area contributed by atoms with Crippen LogP contribution in [-0.4, -0.2) is 35.5 Å². The summed E-state index contributed by atoms with van der Waals surface area (Å²) in [5.41, 5.74) is 0. The molecule has 3 unspecified atom stereocenters. The Morgan fingerprint density at radius 3 is 2.72 bits per heavy atom. The molecule has 1 heterocycles. The van der Waals surface area contributed by atoms with E-state index in [9.17, 15) is 4.79 Å². The first kappa shape index (κ1) is 14.2. The Bertz CT molecular complexity index is 277. The minimum Gasteiger partial charge on any atom is -0.354 e. The Morgan fingerprint density at radius 2 is 2.06 bits per heavy atom. The van der Waals surface area contributed by atoms with E-state index in [4.69, 9.17) is 0 Å². The van der Waals surface area contributed by atoms with Crippen LogP contribution in [-0.2, 0) is 4.79 Å². The van der Waals surface area contributed by atoms with Crippen molar-refractivity contribution in [3.05, 3.63) is 0 Å². The molecule has 0 aromatic rings. The predicted molar refractivity (Wildman–Crippen MR) is 77.9 cm³/mol. The Morgan fingerprint density at radius 1 is 1.22 bits per heavy atom. The van der Waals surface area contributed by atoms with Gasteiger partial charge in [-0.25, -0.2) is 0 Å². The van der Waals surface area contributed by atoms with Crippen molar-refractivity contribution in [3.63, 3.8) is 0 Å². The summed E-state index contributed by atoms with van der Waals surface area (Å²) in [7, 11) is 0. The monoisotopic (exact) mass is 270 g/mol. The predicted octanol–water partition coefficient (Wildman–Crippen LogP) is 2.16. The average molecular weight is 270 g/mol. The number of thioether (sulfide) groups is 1. The molecule has 1 amide bonds. The van der Waals surface area contributed by atoms with Crippen LogP contribution < -0.4 is 10.6 Å². The highest BCUT2D eigenvalue weighted by Crippen LogP contribution is 2.26. The van der Waals surface area contributed by atoms with Crippen LogP contribution in [0.1, 0.15) is 46.0 Å². The summed E-state index contributed by atoms with van der Waals surface area (Å²) in [4.78, 5) is 12.0. The summed E-state index contributed by atoms with van der Waals surface area (Å²) in [5.74, 6) is 3.03. The molecular formula is C14H26N2OS. The van der Waals surface area contributed by atoms with E-state index in [1.807, 2.05) is 25.6 Å². The Balaban J connectivity index is 1.78. The summed E-state index contributed by atoms with van der Waals surface area (Å²) in [5, 5.41) is 6.81. The lowest BCUT2D eigenvalue weighted by atomic mass is 9.84. The molecule has 2 rings (SSSR count). The van der Waals surface area contributed by atoms with Crippen molar-refractivity contribution in [2.24, 2.45) is 5.92 Å². The Labute approximate surface area is 115 Å². The van der Waals surface area contributed by atoms with Crippen molar-refractivity contribution in [3.8, 4) is 0 Å². The number of carbonyl (C=O) groups is 1. The molecule has 4 heteroatoms. The number of rotatable bonds is 4. The zero-order chi connectivity index (χ0) is 13.0. The van der Waals surface area contributed by atoms with Crippen LogP contribution in [0.4, 0.5) is 0 Å². The smallest absolute Gasteiger partial charge is 0.223 e. The van der Waals surface area contributed by atoms with Gasteiger partial charge in [-0.3, -0.25) is 4.79 Å². The van der Waals surface area contributed by atoms with Gasteiger partial charge in [-0.2, -0.15) is 11.8 Å². The van der Waals surface area contributed by atoms with Gasteiger partial charge in [0.15, 0.2) is 0 Å². The maximum Gasteiger partial charge on any atom is 0.223 e. The topological polar surface area (TPSA) is 41.1 Å². The molecule has 104 valence electrons. The highest BCUT2D eigenvalue weighted by atomic mass is 32.2. The van der Waals surface area contributed by atoms with Crippen molar-refractivity contribution in [2.45, 2.75) is 64.1 Å². The van der Waals surface area contributed by atoms with Gasteiger partial charge in [0, 0.05) is 29.8 Å². The van der Waals surface area contributed by atoms with Crippen LogP contribution in [0, 0.1) is 5.92 Å². The highest BCUT2D eigenvalue weighted by Gasteiger charge is 2.29. The fourth-order valence-corrected chi connectivity index (χ4v) is 4.15. The molecule has 0 bridgehead atoms. The molecule has 0 aromatic heterocycles. The lowest BCUT2D eigenvalue weighted by molar-refractivity contribution is -0.126. The fraction of sp³-hybridized carbons (Fsp3) is 0.929. The lowest BCUT2D eigenvalue weighted by Gasteiger charge is -2.31. The van der Waals surface area contributed by atoms with Gasteiger partial charge in [-0.15, -0.1) is 0 Å². The van der Waals surface area contributed by atoms with Crippen molar-refractivity contribution >= 4 is 17.7 Å². The molecule has 1 saturated heterocycles. The number of amides is 1. The standard InChI is InChI=1S/C14H26N2OS/c1-10(2)15-14(17)11-4-3-5-12(8-11)16-13-6-7-18-9-13/h10-13,16H,3-9H2,1-2H3,(H,15,17). The van der Waals surface area contributed by atoms with Crippen LogP contribution in [0.2, 0.25) is 0 Å². The lowest BCUT2D eigenvalue weighted by Crippen LogP contribution is -2.45. The van der Waals surface area contributed by atoms with Crippen LogP contribution in [0.25, 0.3) is 0 Å². The molecule has 2 N–H and O–H groups in total. The van der Waals surface area contributed by atoms with Gasteiger partial charge < -0.3 is 10.6 Å². The summed E-state index contributed by atoms with van der Waals surface area (Å²) in [6.45, 7) is 4.07.